The maximum absolute atomic E-state index is 13.4. The molecule has 1 aliphatic heterocycles. The molecule has 148 heavy (non-hydrogen) atoms. The number of thiophene rings is 4. The molecule has 16 aromatic rings. The molecule has 4 aromatic carbocycles. The first-order valence-electron chi connectivity index (χ1n) is 46.9. The van der Waals surface area contributed by atoms with E-state index in [4.69, 9.17) is 46.4 Å². The van der Waals surface area contributed by atoms with Crippen molar-refractivity contribution in [3.8, 4) is 23.3 Å². The lowest BCUT2D eigenvalue weighted by Gasteiger charge is -2.26. The molecule has 4 N–H and O–H groups in total. The van der Waals surface area contributed by atoms with Crippen LogP contribution < -0.4 is 43.5 Å². The number of pyridine rings is 4. The highest BCUT2D eigenvalue weighted by atomic mass is 35.5. The van der Waals surface area contributed by atoms with E-state index in [0.29, 0.717) is 130 Å². The summed E-state index contributed by atoms with van der Waals surface area (Å²) in [6.45, 7) is 16.5. The standard InChI is InChI=1S/C28H30ClN5O4S2.C25H26ClN5O4S2.C25H23ClN4O4S2.C24H23ClN4O4S2/c1-19-32-24-16-21(30-11-14-33-12-3-2-4-13-33)6-7-23(24)28(36)34(19)26-9-5-20(17-31-26)15-22(35)18-40(37,38)27-10-8-25(29)39-27;1-16-29-21-13-18(27-10-11-30(2)3)5-6-20(21)25(33)31(16)23-8-4-17(14-28-23)12-19(32)15-37(34,35)24-9-7-22(26)36-24;1-15-29-21-11-18(27-12-16-2-3-16)5-6-20(21)25(32)30(15)23-8-4-17(13-28-23)10-19(31)14-36(33,34)24-9-7-22(26)35-24;1-3-10-26-17-5-6-19-20(12-17)28-15(2)29(24(19)31)22-8-4-16(13-27-22)11-18(30)14-35(32,33)23-9-7-21(25)34-23/h5-10,16-17,30H,2-4,11-15,18H2,1H3;4-9,13-14,27H,10-12,15H2,1-3H3;4-9,11,13,16,27H,2-3,10,12,14H2,1H3;4-9,12-13,26H,3,10-11,14H2,1-2H3. The summed E-state index contributed by atoms with van der Waals surface area (Å²) >= 11 is 27.0. The number of sulfone groups is 4. The van der Waals surface area contributed by atoms with Gasteiger partial charge in [0.15, 0.2) is 62.5 Å². The van der Waals surface area contributed by atoms with Gasteiger partial charge < -0.3 is 31.1 Å². The van der Waals surface area contributed by atoms with Crippen molar-refractivity contribution in [3.05, 3.63) is 299 Å². The van der Waals surface area contributed by atoms with Crippen molar-refractivity contribution in [2.24, 2.45) is 5.92 Å². The number of ketones is 4. The number of aryl methyl sites for hydroxylation is 4. The van der Waals surface area contributed by atoms with Crippen molar-refractivity contribution in [2.45, 2.75) is 116 Å². The molecular formula is C102H102Cl4N18O16S8. The highest BCUT2D eigenvalue weighted by Crippen LogP contribution is 2.34. The average molecular weight is 2230 g/mol. The third kappa shape index (κ3) is 28.4. The Labute approximate surface area is 888 Å². The van der Waals surface area contributed by atoms with Gasteiger partial charge in [0.1, 0.15) is 86.4 Å². The number of nitrogens with one attached hydrogen (secondary N) is 4. The predicted octanol–water partition coefficient (Wildman–Crippen LogP) is 16.1. The lowest BCUT2D eigenvalue weighted by Crippen LogP contribution is -2.33. The first-order chi connectivity index (χ1) is 70.6. The van der Waals surface area contributed by atoms with Crippen molar-refractivity contribution in [3.63, 3.8) is 0 Å². The summed E-state index contributed by atoms with van der Waals surface area (Å²) in [6.07, 6.45) is 12.8. The van der Waals surface area contributed by atoms with Gasteiger partial charge >= 0.3 is 0 Å². The maximum atomic E-state index is 13.4. The van der Waals surface area contributed by atoms with Gasteiger partial charge in [-0.15, -0.1) is 45.3 Å². The monoisotopic (exact) mass is 2230 g/mol. The topological polar surface area (TPSA) is 451 Å². The molecule has 0 amide bonds. The van der Waals surface area contributed by atoms with Crippen molar-refractivity contribution in [2.75, 3.05) is 111 Å². The van der Waals surface area contributed by atoms with E-state index in [-0.39, 0.29) is 64.8 Å². The third-order valence-corrected chi connectivity index (χ3v) is 37.7. The highest BCUT2D eigenvalue weighted by Gasteiger charge is 2.29. The Morgan fingerprint density at radius 1 is 0.365 bits per heavy atom. The van der Waals surface area contributed by atoms with Gasteiger partial charge in [-0.2, -0.15) is 0 Å². The Kier molecular flexibility index (Phi) is 36.0. The fraction of sp³-hybridized carbons (Fsp3) is 0.294. The number of benzene rings is 4. The molecule has 772 valence electrons. The zero-order chi connectivity index (χ0) is 106. The Hall–Kier alpha value is -12.4. The second-order valence-corrected chi connectivity index (χ2v) is 51.4. The molecule has 0 bridgehead atoms. The number of aromatic nitrogens is 12. The van der Waals surface area contributed by atoms with Crippen LogP contribution in [0.3, 0.4) is 0 Å². The molecule has 2 aliphatic rings. The normalized spacial score (nSPS) is 12.9. The molecule has 0 atom stereocenters. The predicted molar refractivity (Wildman–Crippen MR) is 586 cm³/mol. The quantitative estimate of drug-likeness (QED) is 0.0279. The molecule has 0 radical (unpaired) electrons. The molecule has 34 nitrogen and oxygen atoms in total. The number of likely N-dealkylation sites (tertiary alicyclic amines) is 1. The van der Waals surface area contributed by atoms with Crippen LogP contribution in [0.25, 0.3) is 66.9 Å². The van der Waals surface area contributed by atoms with Crippen LogP contribution in [0.15, 0.2) is 231 Å². The molecule has 46 heteroatoms. The highest BCUT2D eigenvalue weighted by molar-refractivity contribution is 7.95. The zero-order valence-corrected chi connectivity index (χ0v) is 90.7. The summed E-state index contributed by atoms with van der Waals surface area (Å²) in [5.41, 5.74) is 7.28. The van der Waals surface area contributed by atoms with Crippen molar-refractivity contribution < 1.29 is 52.8 Å². The number of nitrogens with zero attached hydrogens (tertiary/aromatic N) is 14. The van der Waals surface area contributed by atoms with Crippen LogP contribution in [0.1, 0.15) is 91.0 Å². The van der Waals surface area contributed by atoms with E-state index in [2.05, 4.69) is 77.9 Å². The molecule has 18 rings (SSSR count). The van der Waals surface area contributed by atoms with Gasteiger partial charge in [0, 0.05) is 112 Å². The van der Waals surface area contributed by atoms with Crippen LogP contribution in [0, 0.1) is 33.6 Å². The number of hydrogen-bond donors (Lipinski definition) is 4. The number of halogens is 4. The number of Topliss-reactive ketones (excluding diaryl/α,β-unsaturated/α-hetero) is 4. The van der Waals surface area contributed by atoms with Crippen molar-refractivity contribution in [1.29, 1.82) is 0 Å². The van der Waals surface area contributed by atoms with E-state index < -0.39 is 85.5 Å². The number of carbonyl (C=O) groups excluding carboxylic acids is 4. The summed E-state index contributed by atoms with van der Waals surface area (Å²) in [5, 5.41) is 15.3. The number of likely N-dealkylation sites (N-methyl/N-ethyl adjacent to an activating group) is 1. The van der Waals surface area contributed by atoms with E-state index in [1.54, 1.807) is 100 Å². The van der Waals surface area contributed by atoms with Crippen LogP contribution in [-0.4, -0.2) is 214 Å². The second kappa shape index (κ2) is 48.5. The Balaban J connectivity index is 0.000000148. The summed E-state index contributed by atoms with van der Waals surface area (Å²) in [5.74, 6) is -0.170. The fourth-order valence-electron chi connectivity index (χ4n) is 16.2. The molecule has 0 unspecified atom stereocenters. The van der Waals surface area contributed by atoms with E-state index in [1.165, 1.54) is 124 Å². The molecular weight excluding hydrogens is 2130 g/mol. The molecule has 1 saturated heterocycles. The Morgan fingerprint density at radius 2 is 0.642 bits per heavy atom. The van der Waals surface area contributed by atoms with Gasteiger partial charge in [-0.05, 0) is 261 Å². The lowest BCUT2D eigenvalue weighted by molar-refractivity contribution is -0.116. The van der Waals surface area contributed by atoms with E-state index in [0.717, 1.165) is 133 Å². The van der Waals surface area contributed by atoms with Crippen molar-refractivity contribution >= 4 is 221 Å². The third-order valence-electron chi connectivity index (χ3n) is 23.7. The van der Waals surface area contributed by atoms with Gasteiger partial charge in [-0.1, -0.05) is 84.0 Å². The van der Waals surface area contributed by atoms with E-state index >= 15 is 0 Å². The molecule has 1 aliphatic carbocycles. The summed E-state index contributed by atoms with van der Waals surface area (Å²) in [7, 11) is -11.0. The van der Waals surface area contributed by atoms with Gasteiger partial charge in [-0.3, -0.25) is 38.4 Å². The SMILES string of the molecule is CCCNc1ccc2c(=O)n(-c3ccc(CC(=O)CS(=O)(=O)c4ccc(Cl)s4)cn3)c(C)nc2c1.Cc1nc2cc(NCC3CC3)ccc2c(=O)n1-c1ccc(CC(=O)CS(=O)(=O)c2ccc(Cl)s2)cn1.Cc1nc2cc(NCCN(C)C)ccc2c(=O)n1-c1ccc(CC(=O)CS(=O)(=O)c2ccc(Cl)s2)cn1.Cc1nc2cc(NCCN3CCCCC3)ccc2c(=O)n1-c1ccc(CC(=O)CS(=O)(=O)c2ccc(Cl)s2)cn1. The van der Waals surface area contributed by atoms with E-state index in [9.17, 15) is 72.0 Å². The van der Waals surface area contributed by atoms with Gasteiger partial charge in [0.05, 0.1) is 61.0 Å². The number of anilines is 4. The number of rotatable bonds is 38. The second-order valence-electron chi connectivity index (χ2n) is 35.7. The first-order valence-corrected chi connectivity index (χ1v) is 58.3. The summed E-state index contributed by atoms with van der Waals surface area (Å²) < 4.78 is 107. The molecule has 13 heterocycles. The van der Waals surface area contributed by atoms with E-state index in [1.807, 2.05) is 62.6 Å². The Bertz CT molecular complexity index is 8450. The minimum atomic E-state index is -3.75. The zero-order valence-electron chi connectivity index (χ0n) is 81.2. The van der Waals surface area contributed by atoms with Crippen LogP contribution in [0.2, 0.25) is 17.3 Å². The lowest BCUT2D eigenvalue weighted by atomic mass is 10.1. The Morgan fingerprint density at radius 3 is 0.892 bits per heavy atom. The maximum Gasteiger partial charge on any atom is 0.267 e. The summed E-state index contributed by atoms with van der Waals surface area (Å²) in [6, 6.07) is 46.7. The van der Waals surface area contributed by atoms with Gasteiger partial charge in [0.2, 0.25) is 0 Å². The fourth-order valence-corrected chi connectivity index (χ4v) is 27.5. The first kappa shape index (κ1) is 110. The number of hydrogen-bond acceptors (Lipinski definition) is 34. The number of piperidine rings is 1. The number of fused-ring (bicyclic) bond motifs is 4. The van der Waals surface area contributed by atoms with Crippen LogP contribution >= 0.6 is 91.8 Å². The molecule has 12 aromatic heterocycles. The average Bonchev–Trinajstić information content (AvgIpc) is 0.940. The summed E-state index contributed by atoms with van der Waals surface area (Å²) in [4.78, 5) is 143. The van der Waals surface area contributed by atoms with Crippen LogP contribution in [0.5, 0.6) is 0 Å². The number of carbonyl (C=O) groups is 4. The molecule has 1 saturated carbocycles. The van der Waals surface area contributed by atoms with Crippen LogP contribution in [-0.2, 0) is 84.2 Å². The molecule has 0 spiro atoms. The molecule has 2 fully saturated rings. The van der Waals surface area contributed by atoms with Crippen LogP contribution in [0.4, 0.5) is 22.7 Å². The van der Waals surface area contributed by atoms with Gasteiger partial charge in [0.25, 0.3) is 22.2 Å². The van der Waals surface area contributed by atoms with Gasteiger partial charge in [-0.25, -0.2) is 91.8 Å². The smallest absolute Gasteiger partial charge is 0.267 e. The van der Waals surface area contributed by atoms with Crippen molar-refractivity contribution in [1.82, 2.24) is 67.9 Å². The largest absolute Gasteiger partial charge is 0.385 e. The minimum absolute atomic E-state index is 0.0643. The minimum Gasteiger partial charge on any atom is -0.385 e.